The van der Waals surface area contributed by atoms with E-state index < -0.39 is 0 Å². The molecule has 0 saturated carbocycles. The van der Waals surface area contributed by atoms with Crippen LogP contribution in [0.15, 0.2) is 22.9 Å². The fourth-order valence-corrected chi connectivity index (χ4v) is 1.35. The van der Waals surface area contributed by atoms with Crippen LogP contribution < -0.4 is 11.1 Å². The summed E-state index contributed by atoms with van der Waals surface area (Å²) in [6, 6.07) is 3.59. The molecule has 0 radical (unpaired) electrons. The highest BCUT2D eigenvalue weighted by Crippen LogP contribution is 2.15. The Labute approximate surface area is 98.1 Å². The predicted octanol–water partition coefficient (Wildman–Crippen LogP) is 1.44. The highest BCUT2D eigenvalue weighted by Gasteiger charge is 2.06. The largest absolute Gasteiger partial charge is 0.444 e. The smallest absolute Gasteiger partial charge is 0.213 e. The van der Waals surface area contributed by atoms with Crippen LogP contribution in [0.3, 0.4) is 0 Å². The number of nitriles is 1. The van der Waals surface area contributed by atoms with Gasteiger partial charge in [-0.25, -0.2) is 9.97 Å². The molecule has 6 nitrogen and oxygen atoms in total. The van der Waals surface area contributed by atoms with Crippen LogP contribution in [-0.4, -0.2) is 9.97 Å². The molecule has 0 aromatic carbocycles. The summed E-state index contributed by atoms with van der Waals surface area (Å²) in [7, 11) is 0. The number of hydrogen-bond acceptors (Lipinski definition) is 6. The highest BCUT2D eigenvalue weighted by molar-refractivity contribution is 5.57. The lowest BCUT2D eigenvalue weighted by molar-refractivity contribution is 0.479. The molecule has 86 valence electrons. The monoisotopic (exact) mass is 229 g/mol. The fraction of sp³-hybridized carbons (Fsp3) is 0.182. The second-order valence-electron chi connectivity index (χ2n) is 3.49. The zero-order valence-electron chi connectivity index (χ0n) is 9.27. The van der Waals surface area contributed by atoms with Gasteiger partial charge in [0.05, 0.1) is 30.2 Å². The number of nitrogens with two attached hydrogens (primary N) is 1. The molecular weight excluding hydrogens is 218 g/mol. The summed E-state index contributed by atoms with van der Waals surface area (Å²) in [5.74, 6) is 1.76. The number of aryl methyl sites for hydroxylation is 1. The average Bonchev–Trinajstić information content (AvgIpc) is 2.73. The summed E-state index contributed by atoms with van der Waals surface area (Å²) in [4.78, 5) is 8.08. The Balaban J connectivity index is 2.12. The number of oxazole rings is 1. The van der Waals surface area contributed by atoms with E-state index in [1.54, 1.807) is 12.3 Å². The second-order valence-corrected chi connectivity index (χ2v) is 3.49. The number of aromatic nitrogens is 2. The van der Waals surface area contributed by atoms with Gasteiger partial charge >= 0.3 is 0 Å². The molecule has 0 saturated heterocycles. The first-order valence-electron chi connectivity index (χ1n) is 5.00. The minimum atomic E-state index is 0.374. The Bertz CT molecular complexity index is 569. The van der Waals surface area contributed by atoms with Gasteiger partial charge in [-0.1, -0.05) is 0 Å². The fourth-order valence-electron chi connectivity index (χ4n) is 1.35. The molecule has 0 fully saturated rings. The summed E-state index contributed by atoms with van der Waals surface area (Å²) >= 11 is 0. The summed E-state index contributed by atoms with van der Waals surface area (Å²) in [6.45, 7) is 2.19. The van der Waals surface area contributed by atoms with Crippen LogP contribution in [0.1, 0.15) is 17.2 Å². The molecule has 2 rings (SSSR count). The van der Waals surface area contributed by atoms with E-state index in [1.165, 1.54) is 6.20 Å². The Kier molecular flexibility index (Phi) is 2.92. The Morgan fingerprint density at radius 1 is 1.47 bits per heavy atom. The van der Waals surface area contributed by atoms with Gasteiger partial charge in [0, 0.05) is 0 Å². The van der Waals surface area contributed by atoms with Crippen molar-refractivity contribution in [3.05, 3.63) is 35.7 Å². The van der Waals surface area contributed by atoms with Crippen molar-refractivity contribution >= 4 is 11.5 Å². The highest BCUT2D eigenvalue weighted by atomic mass is 16.4. The minimum Gasteiger partial charge on any atom is -0.444 e. The van der Waals surface area contributed by atoms with Crippen LogP contribution in [0, 0.1) is 18.3 Å². The molecule has 2 aromatic rings. The van der Waals surface area contributed by atoms with E-state index in [-0.39, 0.29) is 0 Å². The van der Waals surface area contributed by atoms with Gasteiger partial charge in [-0.15, -0.1) is 0 Å². The molecule has 0 unspecified atom stereocenters. The lowest BCUT2D eigenvalue weighted by atomic mass is 10.2. The number of nitrogens with zero attached hydrogens (tertiary/aromatic N) is 3. The van der Waals surface area contributed by atoms with E-state index in [2.05, 4.69) is 15.3 Å². The van der Waals surface area contributed by atoms with Crippen LogP contribution in [0.2, 0.25) is 0 Å². The van der Waals surface area contributed by atoms with E-state index in [9.17, 15) is 0 Å². The quantitative estimate of drug-likeness (QED) is 0.825. The standard InChI is InChI=1S/C11H11N5O/c1-7-4-14-10(17-7)6-16-11-8(3-12)2-9(13)5-15-11/h2,4-5H,6,13H2,1H3,(H,15,16). The third-order valence-electron chi connectivity index (χ3n) is 2.11. The van der Waals surface area contributed by atoms with E-state index in [4.69, 9.17) is 15.4 Å². The van der Waals surface area contributed by atoms with Crippen molar-refractivity contribution in [2.45, 2.75) is 13.5 Å². The first kappa shape index (κ1) is 11.0. The molecule has 0 aliphatic rings. The van der Waals surface area contributed by atoms with E-state index >= 15 is 0 Å². The van der Waals surface area contributed by atoms with Crippen LogP contribution in [0.5, 0.6) is 0 Å². The SMILES string of the molecule is Cc1cnc(CNc2ncc(N)cc2C#N)o1. The number of anilines is 2. The molecule has 0 spiro atoms. The van der Waals surface area contributed by atoms with Gasteiger partial charge in [-0.2, -0.15) is 5.26 Å². The van der Waals surface area contributed by atoms with Crippen molar-refractivity contribution in [1.82, 2.24) is 9.97 Å². The van der Waals surface area contributed by atoms with E-state index in [1.807, 2.05) is 13.0 Å². The van der Waals surface area contributed by atoms with Gasteiger partial charge in [-0.05, 0) is 13.0 Å². The average molecular weight is 229 g/mol. The third kappa shape index (κ3) is 2.52. The maximum atomic E-state index is 8.92. The van der Waals surface area contributed by atoms with Crippen LogP contribution in [0.4, 0.5) is 11.5 Å². The zero-order chi connectivity index (χ0) is 12.3. The molecule has 2 heterocycles. The maximum Gasteiger partial charge on any atom is 0.213 e. The molecule has 6 heteroatoms. The number of pyridine rings is 1. The van der Waals surface area contributed by atoms with E-state index in [0.717, 1.165) is 5.76 Å². The minimum absolute atomic E-state index is 0.374. The van der Waals surface area contributed by atoms with Crippen molar-refractivity contribution in [2.75, 3.05) is 11.1 Å². The summed E-state index contributed by atoms with van der Waals surface area (Å²) in [5.41, 5.74) is 6.40. The Hall–Kier alpha value is -2.55. The normalized spacial score (nSPS) is 9.88. The second kappa shape index (κ2) is 4.53. The van der Waals surface area contributed by atoms with Crippen molar-refractivity contribution in [1.29, 1.82) is 5.26 Å². The van der Waals surface area contributed by atoms with Gasteiger partial charge in [0.25, 0.3) is 0 Å². The predicted molar refractivity (Wildman–Crippen MR) is 61.9 cm³/mol. The van der Waals surface area contributed by atoms with Crippen molar-refractivity contribution in [3.8, 4) is 6.07 Å². The Morgan fingerprint density at radius 2 is 2.29 bits per heavy atom. The molecule has 0 amide bonds. The first-order valence-corrected chi connectivity index (χ1v) is 5.00. The molecule has 0 bridgehead atoms. The summed E-state index contributed by atoms with van der Waals surface area (Å²) in [5, 5.41) is 11.9. The topological polar surface area (TPSA) is 101 Å². The molecule has 17 heavy (non-hydrogen) atoms. The molecule has 0 aliphatic carbocycles. The Morgan fingerprint density at radius 3 is 2.94 bits per heavy atom. The van der Waals surface area contributed by atoms with E-state index in [0.29, 0.717) is 29.5 Å². The van der Waals surface area contributed by atoms with Crippen LogP contribution in [0.25, 0.3) is 0 Å². The van der Waals surface area contributed by atoms with Crippen LogP contribution >= 0.6 is 0 Å². The number of nitrogens with one attached hydrogen (secondary N) is 1. The summed E-state index contributed by atoms with van der Waals surface area (Å²) < 4.78 is 5.29. The van der Waals surface area contributed by atoms with Crippen molar-refractivity contribution in [3.63, 3.8) is 0 Å². The van der Waals surface area contributed by atoms with Gasteiger partial charge in [0.1, 0.15) is 17.6 Å². The maximum absolute atomic E-state index is 8.92. The summed E-state index contributed by atoms with van der Waals surface area (Å²) in [6.07, 6.45) is 3.13. The molecule has 0 aliphatic heterocycles. The van der Waals surface area contributed by atoms with Gasteiger partial charge in [-0.3, -0.25) is 0 Å². The lowest BCUT2D eigenvalue weighted by Crippen LogP contribution is -2.04. The lowest BCUT2D eigenvalue weighted by Gasteiger charge is -2.05. The molecule has 0 atom stereocenters. The number of nitrogen functional groups attached to an aromatic ring is 1. The first-order chi connectivity index (χ1) is 8.19. The van der Waals surface area contributed by atoms with Crippen molar-refractivity contribution in [2.24, 2.45) is 0 Å². The molecular formula is C11H11N5O. The third-order valence-corrected chi connectivity index (χ3v) is 2.11. The van der Waals surface area contributed by atoms with Gasteiger partial charge < -0.3 is 15.5 Å². The van der Waals surface area contributed by atoms with Crippen molar-refractivity contribution < 1.29 is 4.42 Å². The number of hydrogen-bond donors (Lipinski definition) is 2. The molecule has 3 N–H and O–H groups in total. The van der Waals surface area contributed by atoms with Gasteiger partial charge in [0.15, 0.2) is 0 Å². The van der Waals surface area contributed by atoms with Gasteiger partial charge in [0.2, 0.25) is 5.89 Å². The zero-order valence-corrected chi connectivity index (χ0v) is 9.27. The number of rotatable bonds is 3. The molecule has 2 aromatic heterocycles. The van der Waals surface area contributed by atoms with Crippen LogP contribution in [-0.2, 0) is 6.54 Å².